The minimum atomic E-state index is -0.0768. The molecule has 4 rings (SSSR count). The molecule has 3 aliphatic rings. The van der Waals surface area contributed by atoms with E-state index in [1.54, 1.807) is 0 Å². The van der Waals surface area contributed by atoms with Gasteiger partial charge in [0.2, 0.25) is 0 Å². The summed E-state index contributed by atoms with van der Waals surface area (Å²) in [5, 5.41) is 0. The molecular weight excluding hydrogens is 366 g/mol. The van der Waals surface area contributed by atoms with Crippen LogP contribution >= 0.6 is 0 Å². The molecule has 0 spiro atoms. The molecular formula is C22H35N5O2. The Morgan fingerprint density at radius 3 is 2.59 bits per heavy atom. The summed E-state index contributed by atoms with van der Waals surface area (Å²) in [5.41, 5.74) is 0.838. The number of imidazole rings is 1. The Bertz CT molecular complexity index is 782. The fraction of sp³-hybridized carbons (Fsp3) is 0.773. The highest BCUT2D eigenvalue weighted by Crippen LogP contribution is 2.32. The number of aromatic nitrogens is 2. The number of fused-ring (bicyclic) bond motifs is 1. The second-order valence-corrected chi connectivity index (χ2v) is 9.25. The molecule has 0 aromatic carbocycles. The lowest BCUT2D eigenvalue weighted by atomic mass is 10.0. The lowest BCUT2D eigenvalue weighted by Gasteiger charge is -2.34. The van der Waals surface area contributed by atoms with Crippen LogP contribution in [0, 0.1) is 18.8 Å². The number of nitrogens with zero attached hydrogens (tertiary/aromatic N) is 5. The summed E-state index contributed by atoms with van der Waals surface area (Å²) in [6.45, 7) is 14.1. The minimum Gasteiger partial charge on any atom is -0.336 e. The standard InChI is InChI=1S/C22H35N5O2/c1-5-24-11-12-27-16(4)23-19(20(27)22(24)29)21(28)26-10-6-9-25(13-17-7-8-17)18(14-26)15(2)3/h15,17-18H,5-14H2,1-4H3. The van der Waals surface area contributed by atoms with Gasteiger partial charge in [-0.25, -0.2) is 4.98 Å². The quantitative estimate of drug-likeness (QED) is 0.759. The first-order chi connectivity index (χ1) is 13.9. The third kappa shape index (κ3) is 3.93. The number of hydrogen-bond acceptors (Lipinski definition) is 4. The normalized spacial score (nSPS) is 23.5. The Morgan fingerprint density at radius 1 is 1.17 bits per heavy atom. The van der Waals surface area contributed by atoms with Crippen LogP contribution in [0.1, 0.15) is 66.8 Å². The predicted octanol–water partition coefficient (Wildman–Crippen LogP) is 2.25. The first-order valence-electron chi connectivity index (χ1n) is 11.3. The topological polar surface area (TPSA) is 61.7 Å². The maximum absolute atomic E-state index is 13.5. The fourth-order valence-corrected chi connectivity index (χ4v) is 4.87. The summed E-state index contributed by atoms with van der Waals surface area (Å²) >= 11 is 0. The summed E-state index contributed by atoms with van der Waals surface area (Å²) < 4.78 is 1.93. The molecule has 3 heterocycles. The van der Waals surface area contributed by atoms with Crippen molar-refractivity contribution < 1.29 is 9.59 Å². The number of hydrogen-bond donors (Lipinski definition) is 0. The van der Waals surface area contributed by atoms with E-state index in [2.05, 4.69) is 23.7 Å². The van der Waals surface area contributed by atoms with Crippen LogP contribution in [0.25, 0.3) is 0 Å². The summed E-state index contributed by atoms with van der Waals surface area (Å²) in [7, 11) is 0. The molecule has 160 valence electrons. The van der Waals surface area contributed by atoms with Crippen molar-refractivity contribution in [3.63, 3.8) is 0 Å². The molecule has 1 aliphatic carbocycles. The van der Waals surface area contributed by atoms with Crippen molar-refractivity contribution in [2.75, 3.05) is 39.3 Å². The molecule has 1 aromatic heterocycles. The summed E-state index contributed by atoms with van der Waals surface area (Å²) in [4.78, 5) is 37.5. The summed E-state index contributed by atoms with van der Waals surface area (Å²) in [5.74, 6) is 1.95. The van der Waals surface area contributed by atoms with Gasteiger partial charge in [-0.3, -0.25) is 14.5 Å². The zero-order chi connectivity index (χ0) is 20.7. The number of amides is 2. The Hall–Kier alpha value is -1.89. The highest BCUT2D eigenvalue weighted by molar-refractivity contribution is 6.05. The molecule has 29 heavy (non-hydrogen) atoms. The van der Waals surface area contributed by atoms with Gasteiger partial charge in [-0.2, -0.15) is 0 Å². The summed E-state index contributed by atoms with van der Waals surface area (Å²) in [6.07, 6.45) is 3.67. The van der Waals surface area contributed by atoms with E-state index in [4.69, 9.17) is 0 Å². The van der Waals surface area contributed by atoms with Crippen molar-refractivity contribution >= 4 is 11.8 Å². The largest absolute Gasteiger partial charge is 0.336 e. The van der Waals surface area contributed by atoms with E-state index in [1.165, 1.54) is 12.8 Å². The van der Waals surface area contributed by atoms with Crippen LogP contribution in [0.3, 0.4) is 0 Å². The zero-order valence-corrected chi connectivity index (χ0v) is 18.4. The number of likely N-dealkylation sites (N-methyl/N-ethyl adjacent to an activating group) is 1. The first kappa shape index (κ1) is 20.4. The van der Waals surface area contributed by atoms with Gasteiger partial charge in [0.15, 0.2) is 5.69 Å². The zero-order valence-electron chi connectivity index (χ0n) is 18.4. The van der Waals surface area contributed by atoms with E-state index < -0.39 is 0 Å². The number of rotatable bonds is 5. The number of aryl methyl sites for hydroxylation is 1. The van der Waals surface area contributed by atoms with E-state index in [1.807, 2.05) is 28.2 Å². The van der Waals surface area contributed by atoms with E-state index in [-0.39, 0.29) is 11.8 Å². The Kier molecular flexibility index (Phi) is 5.69. The van der Waals surface area contributed by atoms with Gasteiger partial charge in [-0.1, -0.05) is 13.8 Å². The van der Waals surface area contributed by atoms with Crippen molar-refractivity contribution in [2.24, 2.45) is 11.8 Å². The SMILES string of the molecule is CCN1CCn2c(C)nc(C(=O)N3CCCN(CC4CC4)C(C(C)C)C3)c2C1=O. The van der Waals surface area contributed by atoms with Crippen LogP contribution in [0.15, 0.2) is 0 Å². The molecule has 2 fully saturated rings. The van der Waals surface area contributed by atoms with Crippen molar-refractivity contribution in [1.29, 1.82) is 0 Å². The fourth-order valence-electron chi connectivity index (χ4n) is 4.87. The Balaban J connectivity index is 1.59. The molecule has 0 radical (unpaired) electrons. The predicted molar refractivity (Wildman–Crippen MR) is 112 cm³/mol. The number of carbonyl (C=O) groups is 2. The highest BCUT2D eigenvalue weighted by Gasteiger charge is 2.37. The van der Waals surface area contributed by atoms with Crippen molar-refractivity contribution in [2.45, 2.75) is 59.5 Å². The van der Waals surface area contributed by atoms with Crippen LogP contribution < -0.4 is 0 Å². The van der Waals surface area contributed by atoms with E-state index in [9.17, 15) is 9.59 Å². The van der Waals surface area contributed by atoms with E-state index in [0.29, 0.717) is 43.0 Å². The average molecular weight is 402 g/mol. The van der Waals surface area contributed by atoms with Crippen molar-refractivity contribution in [1.82, 2.24) is 24.3 Å². The van der Waals surface area contributed by atoms with Gasteiger partial charge in [0.1, 0.15) is 11.5 Å². The number of carbonyl (C=O) groups excluding carboxylic acids is 2. The molecule has 0 bridgehead atoms. The monoisotopic (exact) mass is 401 g/mol. The lowest BCUT2D eigenvalue weighted by molar-refractivity contribution is 0.0662. The third-order valence-electron chi connectivity index (χ3n) is 6.82. The molecule has 1 aromatic rings. The Labute approximate surface area is 174 Å². The molecule has 2 amide bonds. The smallest absolute Gasteiger partial charge is 0.274 e. The van der Waals surface area contributed by atoms with Gasteiger partial charge in [0, 0.05) is 51.9 Å². The summed E-state index contributed by atoms with van der Waals surface area (Å²) in [6, 6.07) is 0.365. The van der Waals surface area contributed by atoms with Crippen LogP contribution in [0.2, 0.25) is 0 Å². The van der Waals surface area contributed by atoms with Crippen molar-refractivity contribution in [3.05, 3.63) is 17.2 Å². The molecule has 1 atom stereocenters. The van der Waals surface area contributed by atoms with Gasteiger partial charge in [0.05, 0.1) is 0 Å². The van der Waals surface area contributed by atoms with E-state index in [0.717, 1.165) is 44.3 Å². The molecule has 1 saturated heterocycles. The van der Waals surface area contributed by atoms with Gasteiger partial charge < -0.3 is 14.4 Å². The second-order valence-electron chi connectivity index (χ2n) is 9.25. The lowest BCUT2D eigenvalue weighted by Crippen LogP contribution is -2.47. The first-order valence-corrected chi connectivity index (χ1v) is 11.3. The maximum atomic E-state index is 13.5. The third-order valence-corrected chi connectivity index (χ3v) is 6.82. The van der Waals surface area contributed by atoms with Gasteiger partial charge in [0.25, 0.3) is 11.8 Å². The minimum absolute atomic E-state index is 0.0618. The molecule has 1 saturated carbocycles. The molecule has 7 heteroatoms. The van der Waals surface area contributed by atoms with Gasteiger partial charge in [-0.05, 0) is 44.9 Å². The van der Waals surface area contributed by atoms with Crippen LogP contribution in [0.5, 0.6) is 0 Å². The maximum Gasteiger partial charge on any atom is 0.274 e. The van der Waals surface area contributed by atoms with Gasteiger partial charge in [-0.15, -0.1) is 0 Å². The molecule has 1 unspecified atom stereocenters. The highest BCUT2D eigenvalue weighted by atomic mass is 16.2. The van der Waals surface area contributed by atoms with Crippen LogP contribution in [-0.4, -0.2) is 81.4 Å². The van der Waals surface area contributed by atoms with Crippen LogP contribution in [-0.2, 0) is 6.54 Å². The molecule has 2 aliphatic heterocycles. The van der Waals surface area contributed by atoms with Gasteiger partial charge >= 0.3 is 0 Å². The average Bonchev–Trinajstić information content (AvgIpc) is 3.48. The van der Waals surface area contributed by atoms with E-state index >= 15 is 0 Å². The Morgan fingerprint density at radius 2 is 1.93 bits per heavy atom. The second kappa shape index (κ2) is 8.09. The molecule has 0 N–H and O–H groups in total. The molecule has 7 nitrogen and oxygen atoms in total. The van der Waals surface area contributed by atoms with Crippen molar-refractivity contribution in [3.8, 4) is 0 Å². The van der Waals surface area contributed by atoms with Crippen LogP contribution in [0.4, 0.5) is 0 Å².